The number of ether oxygens (including phenoxy) is 1. The summed E-state index contributed by atoms with van der Waals surface area (Å²) in [5, 5.41) is 4.13. The van der Waals surface area contributed by atoms with Crippen molar-refractivity contribution < 1.29 is 9.53 Å². The molecule has 102 valence electrons. The lowest BCUT2D eigenvalue weighted by atomic mass is 10.2. The van der Waals surface area contributed by atoms with E-state index < -0.39 is 11.6 Å². The minimum Gasteiger partial charge on any atom is -0.456 e. The first-order valence-electron chi connectivity index (χ1n) is 6.16. The summed E-state index contributed by atoms with van der Waals surface area (Å²) in [5.74, 6) is -0.415. The van der Waals surface area contributed by atoms with Gasteiger partial charge in [-0.1, -0.05) is 0 Å². The Labute approximate surface area is 111 Å². The lowest BCUT2D eigenvalue weighted by Gasteiger charge is -2.18. The molecule has 6 nitrogen and oxygen atoms in total. The number of esters is 1. The van der Waals surface area contributed by atoms with Gasteiger partial charge in [-0.2, -0.15) is 5.10 Å². The summed E-state index contributed by atoms with van der Waals surface area (Å²) < 4.78 is 6.89. The third-order valence-electron chi connectivity index (χ3n) is 2.46. The van der Waals surface area contributed by atoms with Crippen molar-refractivity contribution in [3.63, 3.8) is 0 Å². The van der Waals surface area contributed by atoms with Gasteiger partial charge in [-0.15, -0.1) is 0 Å². The van der Waals surface area contributed by atoms with Crippen LogP contribution < -0.4 is 5.73 Å². The molecule has 2 aromatic heterocycles. The first kappa shape index (κ1) is 13.5. The number of fused-ring (bicyclic) bond motifs is 1. The molecule has 2 rings (SSSR count). The van der Waals surface area contributed by atoms with Crippen LogP contribution in [0.4, 0.5) is 0 Å². The van der Waals surface area contributed by atoms with E-state index in [-0.39, 0.29) is 0 Å². The molecule has 0 amide bonds. The van der Waals surface area contributed by atoms with E-state index in [4.69, 9.17) is 10.5 Å². The highest BCUT2D eigenvalue weighted by atomic mass is 16.6. The van der Waals surface area contributed by atoms with Crippen LogP contribution in [0.5, 0.6) is 0 Å². The Balaban J connectivity index is 2.33. The van der Waals surface area contributed by atoms with Gasteiger partial charge < -0.3 is 10.5 Å². The second kappa shape index (κ2) is 4.97. The Morgan fingerprint density at radius 1 is 1.42 bits per heavy atom. The third kappa shape index (κ3) is 3.08. The normalized spacial score (nSPS) is 11.8. The molecule has 2 heterocycles. The number of hydrogen-bond donors (Lipinski definition) is 1. The maximum absolute atomic E-state index is 12.0. The monoisotopic (exact) mass is 262 g/mol. The number of carbonyl (C=O) groups is 1. The Bertz CT molecular complexity index is 598. The van der Waals surface area contributed by atoms with Crippen LogP contribution in [-0.2, 0) is 11.2 Å². The lowest BCUT2D eigenvalue weighted by molar-refractivity contribution is 0.00716. The van der Waals surface area contributed by atoms with Crippen LogP contribution in [0.15, 0.2) is 18.6 Å². The van der Waals surface area contributed by atoms with Crippen molar-refractivity contribution >= 4 is 11.6 Å². The molecule has 0 aliphatic carbocycles. The summed E-state index contributed by atoms with van der Waals surface area (Å²) in [6.07, 6.45) is 5.73. The van der Waals surface area contributed by atoms with Crippen molar-refractivity contribution in [2.24, 2.45) is 5.73 Å². The Morgan fingerprint density at radius 2 is 2.16 bits per heavy atom. The van der Waals surface area contributed by atoms with Crippen LogP contribution in [0.1, 0.15) is 36.7 Å². The Hall–Kier alpha value is -1.95. The van der Waals surface area contributed by atoms with Gasteiger partial charge in [0.05, 0.1) is 6.20 Å². The van der Waals surface area contributed by atoms with E-state index in [9.17, 15) is 4.79 Å². The zero-order valence-electron chi connectivity index (χ0n) is 11.4. The van der Waals surface area contributed by atoms with E-state index in [1.807, 2.05) is 27.0 Å². The Kier molecular flexibility index (Phi) is 3.53. The molecule has 0 radical (unpaired) electrons. The molecule has 19 heavy (non-hydrogen) atoms. The largest absolute Gasteiger partial charge is 0.456 e. The summed E-state index contributed by atoms with van der Waals surface area (Å²) in [4.78, 5) is 16.3. The van der Waals surface area contributed by atoms with Gasteiger partial charge in [0.25, 0.3) is 0 Å². The molecule has 0 fully saturated rings. The van der Waals surface area contributed by atoms with E-state index in [1.54, 1.807) is 10.7 Å². The smallest absolute Gasteiger partial charge is 0.344 e. The van der Waals surface area contributed by atoms with E-state index in [0.717, 1.165) is 12.0 Å². The second-order valence-electron chi connectivity index (χ2n) is 5.33. The number of carbonyl (C=O) groups excluding carboxylic acids is 1. The molecule has 0 spiro atoms. The summed E-state index contributed by atoms with van der Waals surface area (Å²) in [6.45, 7) is 6.02. The topological polar surface area (TPSA) is 82.5 Å². The molecule has 6 heteroatoms. The number of nitrogens with zero attached hydrogens (tertiary/aromatic N) is 3. The highest BCUT2D eigenvalue weighted by Crippen LogP contribution is 2.15. The maximum Gasteiger partial charge on any atom is 0.344 e. The third-order valence-corrected chi connectivity index (χ3v) is 2.46. The van der Waals surface area contributed by atoms with Crippen LogP contribution in [-0.4, -0.2) is 32.7 Å². The molecule has 0 saturated carbocycles. The molecule has 2 aromatic rings. The molecule has 2 N–H and O–H groups in total. The number of hydrogen-bond acceptors (Lipinski definition) is 5. The van der Waals surface area contributed by atoms with E-state index in [1.165, 1.54) is 6.20 Å². The molecular weight excluding hydrogens is 244 g/mol. The summed E-state index contributed by atoms with van der Waals surface area (Å²) in [5.41, 5.74) is 6.80. The van der Waals surface area contributed by atoms with Crippen molar-refractivity contribution in [1.82, 2.24) is 14.6 Å². The molecule has 0 unspecified atom stereocenters. The van der Waals surface area contributed by atoms with Crippen LogP contribution in [0.25, 0.3) is 5.65 Å². The minimum atomic E-state index is -0.537. The van der Waals surface area contributed by atoms with Gasteiger partial charge in [0.1, 0.15) is 11.2 Å². The number of nitrogens with two attached hydrogens (primary N) is 1. The van der Waals surface area contributed by atoms with Crippen LogP contribution >= 0.6 is 0 Å². The second-order valence-corrected chi connectivity index (χ2v) is 5.33. The fourth-order valence-corrected chi connectivity index (χ4v) is 1.69. The average Bonchev–Trinajstić information content (AvgIpc) is 2.70. The fourth-order valence-electron chi connectivity index (χ4n) is 1.69. The summed E-state index contributed by atoms with van der Waals surface area (Å²) in [6, 6.07) is 0. The summed E-state index contributed by atoms with van der Waals surface area (Å²) in [7, 11) is 0. The predicted molar refractivity (Wildman–Crippen MR) is 70.9 cm³/mol. The number of rotatable bonds is 3. The van der Waals surface area contributed by atoms with Gasteiger partial charge in [0, 0.05) is 12.4 Å². The van der Waals surface area contributed by atoms with E-state index in [2.05, 4.69) is 10.1 Å². The van der Waals surface area contributed by atoms with Crippen LogP contribution in [0.3, 0.4) is 0 Å². The minimum absolute atomic E-state index is 0.370. The number of aromatic nitrogens is 3. The SMILES string of the molecule is CC(C)(C)OC(=O)c1cnn2cc(CCN)cnc12. The fraction of sp³-hybridized carbons (Fsp3) is 0.462. The molecule has 0 aromatic carbocycles. The van der Waals surface area contributed by atoms with Crippen molar-refractivity contribution in [3.8, 4) is 0 Å². The molecular formula is C13H18N4O2. The standard InChI is InChI=1S/C13H18N4O2/c1-13(2,3)19-12(18)10-7-16-17-8-9(4-5-14)6-15-11(10)17/h6-8H,4-5,14H2,1-3H3. The van der Waals surface area contributed by atoms with Crippen LogP contribution in [0, 0.1) is 0 Å². The quantitative estimate of drug-likeness (QED) is 0.840. The van der Waals surface area contributed by atoms with Gasteiger partial charge in [0.2, 0.25) is 0 Å². The van der Waals surface area contributed by atoms with Gasteiger partial charge in [-0.05, 0) is 39.3 Å². The predicted octanol–water partition coefficient (Wildman–Crippen LogP) is 1.19. The first-order chi connectivity index (χ1) is 8.90. The average molecular weight is 262 g/mol. The van der Waals surface area contributed by atoms with Crippen LogP contribution in [0.2, 0.25) is 0 Å². The molecule has 0 atom stereocenters. The van der Waals surface area contributed by atoms with Crippen molar-refractivity contribution in [2.45, 2.75) is 32.8 Å². The van der Waals surface area contributed by atoms with Crippen molar-refractivity contribution in [2.75, 3.05) is 6.54 Å². The maximum atomic E-state index is 12.0. The van der Waals surface area contributed by atoms with Crippen molar-refractivity contribution in [1.29, 1.82) is 0 Å². The molecule has 0 aliphatic heterocycles. The molecule has 0 bridgehead atoms. The highest BCUT2D eigenvalue weighted by Gasteiger charge is 2.21. The molecule has 0 aliphatic rings. The zero-order chi connectivity index (χ0) is 14.0. The first-order valence-corrected chi connectivity index (χ1v) is 6.16. The van der Waals surface area contributed by atoms with Gasteiger partial charge in [-0.25, -0.2) is 14.3 Å². The Morgan fingerprint density at radius 3 is 2.79 bits per heavy atom. The van der Waals surface area contributed by atoms with Crippen molar-refractivity contribution in [3.05, 3.63) is 29.7 Å². The molecule has 0 saturated heterocycles. The van der Waals surface area contributed by atoms with E-state index in [0.29, 0.717) is 17.8 Å². The van der Waals surface area contributed by atoms with Gasteiger partial charge in [0.15, 0.2) is 5.65 Å². The van der Waals surface area contributed by atoms with Gasteiger partial charge >= 0.3 is 5.97 Å². The van der Waals surface area contributed by atoms with E-state index >= 15 is 0 Å². The van der Waals surface area contributed by atoms with Gasteiger partial charge in [-0.3, -0.25) is 0 Å². The summed E-state index contributed by atoms with van der Waals surface area (Å²) >= 11 is 0. The highest BCUT2D eigenvalue weighted by molar-refractivity contribution is 5.95. The lowest BCUT2D eigenvalue weighted by Crippen LogP contribution is -2.23. The zero-order valence-corrected chi connectivity index (χ0v) is 11.4.